The number of furan rings is 1. The zero-order chi connectivity index (χ0) is 21.6. The molecule has 10 nitrogen and oxygen atoms in total. The van der Waals surface area contributed by atoms with Crippen LogP contribution in [0.15, 0.2) is 58.8 Å². The number of rotatable bonds is 8. The first-order valence-electron chi connectivity index (χ1n) is 9.24. The predicted octanol–water partition coefficient (Wildman–Crippen LogP) is 3.18. The monoisotopic (exact) mass is 439 g/mol. The molecule has 0 radical (unpaired) electrons. The van der Waals surface area contributed by atoms with E-state index in [0.717, 1.165) is 5.69 Å². The third kappa shape index (κ3) is 4.61. The van der Waals surface area contributed by atoms with E-state index in [1.54, 1.807) is 48.7 Å². The van der Waals surface area contributed by atoms with E-state index in [1.165, 1.54) is 28.6 Å². The highest BCUT2D eigenvalue weighted by Crippen LogP contribution is 2.36. The Labute approximate surface area is 180 Å². The first kappa shape index (κ1) is 20.3. The van der Waals surface area contributed by atoms with Crippen LogP contribution in [0.2, 0.25) is 0 Å². The smallest absolute Gasteiger partial charge is 0.341 e. The largest absolute Gasteiger partial charge is 0.484 e. The lowest BCUT2D eigenvalue weighted by Crippen LogP contribution is -2.21. The first-order valence-corrected chi connectivity index (χ1v) is 10.1. The van der Waals surface area contributed by atoms with Crippen molar-refractivity contribution in [2.75, 3.05) is 18.5 Å². The van der Waals surface area contributed by atoms with Crippen LogP contribution >= 0.6 is 11.3 Å². The summed E-state index contributed by atoms with van der Waals surface area (Å²) in [6.45, 7) is 1.69. The van der Waals surface area contributed by atoms with Crippen molar-refractivity contribution >= 4 is 28.2 Å². The molecule has 1 aromatic carbocycles. The summed E-state index contributed by atoms with van der Waals surface area (Å²) < 4.78 is 17.6. The van der Waals surface area contributed by atoms with Gasteiger partial charge in [-0.25, -0.2) is 9.48 Å². The van der Waals surface area contributed by atoms with Gasteiger partial charge in [0.2, 0.25) is 0 Å². The van der Waals surface area contributed by atoms with Crippen LogP contribution in [0.3, 0.4) is 0 Å². The molecule has 0 aliphatic heterocycles. The van der Waals surface area contributed by atoms with Crippen LogP contribution < -0.4 is 10.1 Å². The standard InChI is InChI=1S/C20H17N5O5S/c1-2-28-20(27)18-15(16-4-3-9-29-16)11-31-19(18)22-17(26)10-30-14-7-5-13(6-8-14)25-12-21-23-24-25/h3-9,11-12H,2,10H2,1H3,(H,22,26). The molecule has 0 aliphatic carbocycles. The number of thiophene rings is 1. The molecule has 0 saturated heterocycles. The maximum atomic E-state index is 12.5. The first-order chi connectivity index (χ1) is 15.2. The molecule has 0 fully saturated rings. The Morgan fingerprint density at radius 2 is 2.06 bits per heavy atom. The van der Waals surface area contributed by atoms with Crippen molar-refractivity contribution < 1.29 is 23.5 Å². The summed E-state index contributed by atoms with van der Waals surface area (Å²) in [5.41, 5.74) is 1.56. The molecule has 1 N–H and O–H groups in total. The van der Waals surface area contributed by atoms with E-state index in [0.29, 0.717) is 22.1 Å². The normalized spacial score (nSPS) is 10.6. The van der Waals surface area contributed by atoms with Gasteiger partial charge in [-0.2, -0.15) is 0 Å². The molecular weight excluding hydrogens is 422 g/mol. The van der Waals surface area contributed by atoms with Gasteiger partial charge in [0.25, 0.3) is 5.91 Å². The molecule has 0 bridgehead atoms. The van der Waals surface area contributed by atoms with Gasteiger partial charge in [-0.05, 0) is 53.7 Å². The second-order valence-corrected chi connectivity index (χ2v) is 7.02. The molecule has 11 heteroatoms. The van der Waals surface area contributed by atoms with Crippen LogP contribution in [0.4, 0.5) is 5.00 Å². The van der Waals surface area contributed by atoms with Crippen LogP contribution in [0.25, 0.3) is 17.0 Å². The minimum atomic E-state index is -0.537. The van der Waals surface area contributed by atoms with Crippen molar-refractivity contribution in [1.29, 1.82) is 0 Å². The van der Waals surface area contributed by atoms with Crippen molar-refractivity contribution in [3.63, 3.8) is 0 Å². The maximum Gasteiger partial charge on any atom is 0.341 e. The fraction of sp³-hybridized carbons (Fsp3) is 0.150. The molecule has 31 heavy (non-hydrogen) atoms. The van der Waals surface area contributed by atoms with Crippen LogP contribution in [0.5, 0.6) is 5.75 Å². The fourth-order valence-corrected chi connectivity index (χ4v) is 3.71. The van der Waals surface area contributed by atoms with Gasteiger partial charge in [0.15, 0.2) is 6.61 Å². The Balaban J connectivity index is 1.43. The minimum Gasteiger partial charge on any atom is -0.484 e. The number of carbonyl (C=O) groups excluding carboxylic acids is 2. The summed E-state index contributed by atoms with van der Waals surface area (Å²) in [6.07, 6.45) is 2.99. The van der Waals surface area contributed by atoms with Crippen LogP contribution in [-0.2, 0) is 9.53 Å². The summed E-state index contributed by atoms with van der Waals surface area (Å²) in [7, 11) is 0. The van der Waals surface area contributed by atoms with E-state index in [1.807, 2.05) is 0 Å². The van der Waals surface area contributed by atoms with Gasteiger partial charge in [-0.15, -0.1) is 16.4 Å². The molecule has 0 aliphatic rings. The van der Waals surface area contributed by atoms with Gasteiger partial charge in [0, 0.05) is 10.9 Å². The summed E-state index contributed by atoms with van der Waals surface area (Å²) in [6, 6.07) is 10.4. The topological polar surface area (TPSA) is 121 Å². The van der Waals surface area contributed by atoms with Gasteiger partial charge in [0.1, 0.15) is 28.4 Å². The summed E-state index contributed by atoms with van der Waals surface area (Å²) >= 11 is 1.21. The number of anilines is 1. The van der Waals surface area contributed by atoms with Crippen molar-refractivity contribution in [3.05, 3.63) is 59.9 Å². The van der Waals surface area contributed by atoms with Crippen molar-refractivity contribution in [3.8, 4) is 22.8 Å². The Morgan fingerprint density at radius 3 is 2.74 bits per heavy atom. The lowest BCUT2D eigenvalue weighted by atomic mass is 10.1. The average Bonchev–Trinajstić information content (AvgIpc) is 3.54. The number of benzene rings is 1. The van der Waals surface area contributed by atoms with E-state index >= 15 is 0 Å². The Bertz CT molecular complexity index is 1150. The molecule has 4 aromatic rings. The Kier molecular flexibility index (Phi) is 6.03. The molecule has 1 amide bonds. The van der Waals surface area contributed by atoms with Crippen LogP contribution in [-0.4, -0.2) is 45.3 Å². The third-order valence-corrected chi connectivity index (χ3v) is 5.03. The number of nitrogens with one attached hydrogen (secondary N) is 1. The van der Waals surface area contributed by atoms with Crippen molar-refractivity contribution in [2.45, 2.75) is 6.92 Å². The number of hydrogen-bond acceptors (Lipinski definition) is 9. The highest BCUT2D eigenvalue weighted by molar-refractivity contribution is 7.15. The van der Waals surface area contributed by atoms with Gasteiger partial charge < -0.3 is 19.2 Å². The second kappa shape index (κ2) is 9.22. The quantitative estimate of drug-likeness (QED) is 0.416. The van der Waals surface area contributed by atoms with Crippen LogP contribution in [0, 0.1) is 0 Å². The van der Waals surface area contributed by atoms with E-state index in [2.05, 4.69) is 20.8 Å². The summed E-state index contributed by atoms with van der Waals surface area (Å²) in [5, 5.41) is 15.8. The fourth-order valence-electron chi connectivity index (χ4n) is 2.76. The predicted molar refractivity (Wildman–Crippen MR) is 111 cm³/mol. The molecule has 4 rings (SSSR count). The summed E-state index contributed by atoms with van der Waals surface area (Å²) in [4.78, 5) is 24.9. The van der Waals surface area contributed by atoms with Crippen molar-refractivity contribution in [1.82, 2.24) is 20.2 Å². The highest BCUT2D eigenvalue weighted by atomic mass is 32.1. The van der Waals surface area contributed by atoms with Gasteiger partial charge >= 0.3 is 5.97 Å². The zero-order valence-corrected chi connectivity index (χ0v) is 17.2. The number of amides is 1. The minimum absolute atomic E-state index is 0.212. The number of tetrazole rings is 1. The van der Waals surface area contributed by atoms with Gasteiger partial charge in [-0.1, -0.05) is 0 Å². The van der Waals surface area contributed by atoms with E-state index in [-0.39, 0.29) is 18.8 Å². The molecule has 0 unspecified atom stereocenters. The Morgan fingerprint density at radius 1 is 1.23 bits per heavy atom. The lowest BCUT2D eigenvalue weighted by molar-refractivity contribution is -0.118. The number of hydrogen-bond donors (Lipinski definition) is 1. The highest BCUT2D eigenvalue weighted by Gasteiger charge is 2.24. The third-order valence-electron chi connectivity index (χ3n) is 4.13. The molecular formula is C20H17N5O5S. The molecule has 3 heterocycles. The lowest BCUT2D eigenvalue weighted by Gasteiger charge is -2.09. The van der Waals surface area contributed by atoms with E-state index < -0.39 is 11.9 Å². The van der Waals surface area contributed by atoms with E-state index in [4.69, 9.17) is 13.9 Å². The van der Waals surface area contributed by atoms with Crippen molar-refractivity contribution in [2.24, 2.45) is 0 Å². The molecule has 158 valence electrons. The average molecular weight is 439 g/mol. The summed E-state index contributed by atoms with van der Waals surface area (Å²) in [5.74, 6) is 0.0614. The van der Waals surface area contributed by atoms with Gasteiger partial charge in [0.05, 0.1) is 18.6 Å². The van der Waals surface area contributed by atoms with E-state index in [9.17, 15) is 9.59 Å². The zero-order valence-electron chi connectivity index (χ0n) is 16.3. The molecule has 0 spiro atoms. The number of carbonyl (C=O) groups is 2. The SMILES string of the molecule is CCOC(=O)c1c(-c2ccco2)csc1NC(=O)COc1ccc(-n2cnnn2)cc1. The molecule has 3 aromatic heterocycles. The second-order valence-electron chi connectivity index (χ2n) is 6.14. The van der Waals surface area contributed by atoms with Gasteiger partial charge in [-0.3, -0.25) is 4.79 Å². The molecule has 0 saturated carbocycles. The number of nitrogens with zero attached hydrogens (tertiary/aromatic N) is 4. The van der Waals surface area contributed by atoms with Crippen LogP contribution in [0.1, 0.15) is 17.3 Å². The number of esters is 1. The number of ether oxygens (including phenoxy) is 2. The maximum absolute atomic E-state index is 12.5. The number of aromatic nitrogens is 4. The molecule has 0 atom stereocenters. The Hall–Kier alpha value is -3.99.